The molecule has 332 valence electrons. The molecule has 64 heavy (non-hydrogen) atoms. The smallest absolute Gasteiger partial charge is 0.146 e. The van der Waals surface area contributed by atoms with E-state index >= 15 is 0 Å². The highest BCUT2D eigenvalue weighted by Crippen LogP contribution is 2.49. The molecule has 0 spiro atoms. The summed E-state index contributed by atoms with van der Waals surface area (Å²) in [6, 6.07) is 18.5. The van der Waals surface area contributed by atoms with Crippen LogP contribution in [0.3, 0.4) is 0 Å². The monoisotopic (exact) mass is 855 g/mol. The van der Waals surface area contributed by atoms with E-state index in [-0.39, 0.29) is 23.7 Å². The zero-order valence-electron chi connectivity index (χ0n) is 38.6. The van der Waals surface area contributed by atoms with E-state index in [0.717, 1.165) is 97.6 Å². The number of aromatic nitrogens is 2. The Morgan fingerprint density at radius 1 is 0.594 bits per heavy atom. The number of hydrogen-bond acceptors (Lipinski definition) is 6. The quantitative estimate of drug-likeness (QED) is 0.146. The van der Waals surface area contributed by atoms with Gasteiger partial charge in [-0.3, -0.25) is 9.97 Å². The maximum atomic E-state index is 12.3. The molecule has 0 aliphatic heterocycles. The van der Waals surface area contributed by atoms with E-state index < -0.39 is 0 Å². The summed E-state index contributed by atoms with van der Waals surface area (Å²) < 4.78 is 13.4. The van der Waals surface area contributed by atoms with E-state index in [4.69, 9.17) is 19.4 Å². The molecule has 2 aromatic heterocycles. The van der Waals surface area contributed by atoms with Gasteiger partial charge in [-0.25, -0.2) is 0 Å². The zero-order valence-corrected chi connectivity index (χ0v) is 38.6. The second kappa shape index (κ2) is 19.2. The lowest BCUT2D eigenvalue weighted by molar-refractivity contribution is 0.131. The van der Waals surface area contributed by atoms with E-state index in [9.17, 15) is 10.2 Å². The molecule has 2 N–H and O–H groups in total. The molecule has 0 bridgehead atoms. The Balaban J connectivity index is 0.982. The van der Waals surface area contributed by atoms with Gasteiger partial charge in [0.15, 0.2) is 0 Å². The summed E-state index contributed by atoms with van der Waals surface area (Å²) in [5.74, 6) is 1.73. The van der Waals surface area contributed by atoms with Crippen molar-refractivity contribution < 1.29 is 19.7 Å². The van der Waals surface area contributed by atoms with Crippen LogP contribution in [-0.2, 0) is 25.7 Å². The summed E-state index contributed by atoms with van der Waals surface area (Å²) in [5.41, 5.74) is 18.6. The number of fused-ring (bicyclic) bond motifs is 3. The summed E-state index contributed by atoms with van der Waals surface area (Å²) in [4.78, 5) is 9.68. The van der Waals surface area contributed by atoms with Gasteiger partial charge in [0, 0.05) is 41.1 Å². The second-order valence-corrected chi connectivity index (χ2v) is 19.1. The number of ether oxygens (including phenoxy) is 2. The SMILES string of the molecule is C=C1CCCCC/C=C2/CCCC/C2=C/1c1cc(C)cc(-c2ncccc2O[C@@H](C)CC(C)Oc2cccnc2-c2cc(C)cc(-c3c4c(cc5c3CCCC5)CCCC4)c2O)c1O. The number of phenols is 2. The van der Waals surface area contributed by atoms with Crippen LogP contribution in [0.1, 0.15) is 143 Å². The van der Waals surface area contributed by atoms with Gasteiger partial charge in [-0.15, -0.1) is 0 Å². The van der Waals surface area contributed by atoms with Gasteiger partial charge in [-0.05, 0) is 240 Å². The van der Waals surface area contributed by atoms with Crippen molar-refractivity contribution in [2.24, 2.45) is 0 Å². The van der Waals surface area contributed by atoms with Crippen LogP contribution in [0.15, 0.2) is 96.4 Å². The van der Waals surface area contributed by atoms with Gasteiger partial charge in [-0.1, -0.05) is 25.1 Å². The number of pyridine rings is 2. The van der Waals surface area contributed by atoms with Crippen molar-refractivity contribution in [2.75, 3.05) is 0 Å². The number of rotatable bonds is 10. The standard InChI is InChI=1S/C58H66N2O4/c1-36-30-47(53-38(3)18-8-6-7-9-19-41-20-10-13-23-44(41)53)57(61)49(32-36)55-51(26-16-28-59-55)63-39(4)34-40(5)64-52-27-17-29-60-56(52)50-33-37(2)31-48(58(50)62)54-45-24-14-11-21-42(45)35-43-22-12-15-25-46(43)54/h16-17,19,26-33,35,39-40,61-62H,3,6-15,18,20-25,34H2,1-2,4-5H3/b41-19-,53-44+/t39-,40?/m0/s1. The van der Waals surface area contributed by atoms with E-state index in [1.165, 1.54) is 83.9 Å². The minimum absolute atomic E-state index is 0.225. The largest absolute Gasteiger partial charge is 0.507 e. The molecule has 1 saturated carbocycles. The first-order valence-electron chi connectivity index (χ1n) is 24.3. The van der Waals surface area contributed by atoms with Crippen molar-refractivity contribution in [1.29, 1.82) is 0 Å². The lowest BCUT2D eigenvalue weighted by atomic mass is 9.76. The topological polar surface area (TPSA) is 84.7 Å². The molecule has 0 radical (unpaired) electrons. The predicted molar refractivity (Wildman–Crippen MR) is 261 cm³/mol. The third-order valence-electron chi connectivity index (χ3n) is 14.1. The molecule has 1 unspecified atom stereocenters. The molecule has 0 amide bonds. The lowest BCUT2D eigenvalue weighted by Crippen LogP contribution is -2.23. The molecule has 6 nitrogen and oxygen atoms in total. The van der Waals surface area contributed by atoms with Crippen LogP contribution >= 0.6 is 0 Å². The van der Waals surface area contributed by atoms with E-state index in [1.54, 1.807) is 12.4 Å². The van der Waals surface area contributed by atoms with Crippen LogP contribution in [0.5, 0.6) is 23.0 Å². The normalized spacial score (nSPS) is 19.6. The van der Waals surface area contributed by atoms with Crippen molar-refractivity contribution in [3.8, 4) is 56.6 Å². The van der Waals surface area contributed by atoms with Crippen molar-refractivity contribution >= 4 is 5.57 Å². The Labute approximate surface area is 381 Å². The van der Waals surface area contributed by atoms with Crippen LogP contribution in [0.25, 0.3) is 39.2 Å². The van der Waals surface area contributed by atoms with Gasteiger partial charge in [0.1, 0.15) is 34.4 Å². The number of benzene rings is 3. The van der Waals surface area contributed by atoms with Crippen LogP contribution in [-0.4, -0.2) is 32.4 Å². The first-order chi connectivity index (χ1) is 31.1. The fourth-order valence-electron chi connectivity index (χ4n) is 11.2. The minimum atomic E-state index is -0.253. The second-order valence-electron chi connectivity index (χ2n) is 19.1. The highest BCUT2D eigenvalue weighted by atomic mass is 16.5. The van der Waals surface area contributed by atoms with Crippen LogP contribution in [0.2, 0.25) is 0 Å². The van der Waals surface area contributed by atoms with Crippen LogP contribution < -0.4 is 9.47 Å². The summed E-state index contributed by atoms with van der Waals surface area (Å²) in [7, 11) is 0. The molecule has 4 aliphatic carbocycles. The number of nitrogens with zero attached hydrogens (tertiary/aromatic N) is 2. The highest BCUT2D eigenvalue weighted by molar-refractivity contribution is 5.91. The minimum Gasteiger partial charge on any atom is -0.507 e. The van der Waals surface area contributed by atoms with Crippen molar-refractivity contribution in [2.45, 2.75) is 155 Å². The molecule has 2 heterocycles. The maximum Gasteiger partial charge on any atom is 0.146 e. The Morgan fingerprint density at radius 3 is 1.73 bits per heavy atom. The Morgan fingerprint density at radius 2 is 1.11 bits per heavy atom. The predicted octanol–water partition coefficient (Wildman–Crippen LogP) is 14.7. The molecule has 2 atom stereocenters. The molecular formula is C58H66N2O4. The van der Waals surface area contributed by atoms with Gasteiger partial charge < -0.3 is 19.7 Å². The number of aromatic hydroxyl groups is 2. The van der Waals surface area contributed by atoms with Crippen molar-refractivity contribution in [1.82, 2.24) is 9.97 Å². The highest BCUT2D eigenvalue weighted by Gasteiger charge is 2.28. The Kier molecular flexibility index (Phi) is 13.1. The van der Waals surface area contributed by atoms with Gasteiger partial charge >= 0.3 is 0 Å². The average Bonchev–Trinajstić information content (AvgIpc) is 3.29. The summed E-state index contributed by atoms with van der Waals surface area (Å²) in [6.45, 7) is 12.9. The Bertz CT molecular complexity index is 2600. The van der Waals surface area contributed by atoms with E-state index in [1.807, 2.05) is 36.4 Å². The molecule has 3 aromatic carbocycles. The van der Waals surface area contributed by atoms with Crippen molar-refractivity contribution in [3.63, 3.8) is 0 Å². The molecule has 9 rings (SSSR count). The van der Waals surface area contributed by atoms with Gasteiger partial charge in [0.2, 0.25) is 0 Å². The summed E-state index contributed by atoms with van der Waals surface area (Å²) in [6.07, 6.45) is 25.2. The fraction of sp³-hybridized carbons (Fsp3) is 0.414. The molecule has 0 saturated heterocycles. The van der Waals surface area contributed by atoms with Gasteiger partial charge in [0.05, 0.1) is 12.2 Å². The number of allylic oxidation sites excluding steroid dienone is 5. The van der Waals surface area contributed by atoms with Gasteiger partial charge in [0.25, 0.3) is 0 Å². The molecule has 4 aliphatic rings. The van der Waals surface area contributed by atoms with Crippen LogP contribution in [0, 0.1) is 13.8 Å². The molecule has 6 heteroatoms. The summed E-state index contributed by atoms with van der Waals surface area (Å²) in [5, 5.41) is 24.6. The van der Waals surface area contributed by atoms with E-state index in [2.05, 4.69) is 58.5 Å². The van der Waals surface area contributed by atoms with Crippen LogP contribution in [0.4, 0.5) is 0 Å². The Hall–Kier alpha value is -5.62. The third kappa shape index (κ3) is 9.03. The zero-order chi connectivity index (χ0) is 44.3. The number of phenolic OH excluding ortho intramolecular Hbond substituents is 2. The number of aryl methyl sites for hydroxylation is 4. The van der Waals surface area contributed by atoms with E-state index in [0.29, 0.717) is 40.4 Å². The lowest BCUT2D eigenvalue weighted by Gasteiger charge is -2.28. The third-order valence-corrected chi connectivity index (χ3v) is 14.1. The fourth-order valence-corrected chi connectivity index (χ4v) is 11.2. The molecular weight excluding hydrogens is 789 g/mol. The first kappa shape index (κ1) is 43.6. The van der Waals surface area contributed by atoms with Crippen molar-refractivity contribution in [3.05, 3.63) is 135 Å². The molecule has 1 fully saturated rings. The first-order valence-corrected chi connectivity index (χ1v) is 24.3. The van der Waals surface area contributed by atoms with Gasteiger partial charge in [-0.2, -0.15) is 0 Å². The molecule has 5 aromatic rings. The maximum absolute atomic E-state index is 12.3. The number of hydrogen-bond donors (Lipinski definition) is 2. The summed E-state index contributed by atoms with van der Waals surface area (Å²) >= 11 is 0. The average molecular weight is 855 g/mol.